The van der Waals surface area contributed by atoms with E-state index in [1.54, 1.807) is 6.20 Å². The molecule has 1 aromatic heterocycles. The van der Waals surface area contributed by atoms with Crippen molar-refractivity contribution in [3.8, 4) is 6.07 Å². The zero-order chi connectivity index (χ0) is 10.6. The van der Waals surface area contributed by atoms with Crippen LogP contribution in [0.2, 0.25) is 0 Å². The predicted molar refractivity (Wildman–Crippen MR) is 57.0 cm³/mol. The van der Waals surface area contributed by atoms with Crippen molar-refractivity contribution in [1.82, 2.24) is 4.98 Å². The molecule has 2 nitrogen and oxygen atoms in total. The van der Waals surface area contributed by atoms with Gasteiger partial charge in [0.25, 0.3) is 0 Å². The van der Waals surface area contributed by atoms with Crippen LogP contribution in [0.15, 0.2) is 12.3 Å². The van der Waals surface area contributed by atoms with Gasteiger partial charge in [-0.05, 0) is 31.4 Å². The summed E-state index contributed by atoms with van der Waals surface area (Å²) in [5.41, 5.74) is 2.93. The molecule has 0 aliphatic rings. The van der Waals surface area contributed by atoms with Gasteiger partial charge in [-0.1, -0.05) is 13.8 Å². The maximum Gasteiger partial charge on any atom is 0.101 e. The Labute approximate surface area is 85.6 Å². The molecule has 14 heavy (non-hydrogen) atoms. The lowest BCUT2D eigenvalue weighted by molar-refractivity contribution is 0.619. The topological polar surface area (TPSA) is 36.7 Å². The molecule has 74 valence electrons. The summed E-state index contributed by atoms with van der Waals surface area (Å²) in [7, 11) is 0. The summed E-state index contributed by atoms with van der Waals surface area (Å²) in [5.74, 6) is 0.530. The first-order chi connectivity index (χ1) is 6.72. The van der Waals surface area contributed by atoms with E-state index in [0.29, 0.717) is 11.5 Å². The fourth-order valence-electron chi connectivity index (χ4n) is 1.75. The van der Waals surface area contributed by atoms with E-state index < -0.39 is 0 Å². The molecule has 0 fully saturated rings. The van der Waals surface area contributed by atoms with Gasteiger partial charge in [0.05, 0.1) is 5.56 Å². The van der Waals surface area contributed by atoms with Crippen LogP contribution in [0.5, 0.6) is 0 Å². The average molecular weight is 188 g/mol. The number of nitrogens with zero attached hydrogens (tertiary/aromatic N) is 2. The van der Waals surface area contributed by atoms with E-state index in [2.05, 4.69) is 24.9 Å². The Bertz CT molecular complexity index is 346. The molecule has 0 bridgehead atoms. The number of aromatic nitrogens is 1. The van der Waals surface area contributed by atoms with Crippen LogP contribution in [0.25, 0.3) is 0 Å². The zero-order valence-electron chi connectivity index (χ0n) is 9.04. The highest BCUT2D eigenvalue weighted by molar-refractivity contribution is 5.33. The Kier molecular flexibility index (Phi) is 3.64. The lowest BCUT2D eigenvalue weighted by Crippen LogP contribution is -2.02. The van der Waals surface area contributed by atoms with E-state index >= 15 is 0 Å². The van der Waals surface area contributed by atoms with E-state index in [4.69, 9.17) is 5.26 Å². The highest BCUT2D eigenvalue weighted by Gasteiger charge is 2.11. The third-order valence-corrected chi connectivity index (χ3v) is 2.62. The van der Waals surface area contributed by atoms with Crippen LogP contribution in [0.1, 0.15) is 49.4 Å². The molecule has 0 amide bonds. The van der Waals surface area contributed by atoms with Crippen LogP contribution < -0.4 is 0 Å². The molecule has 1 aromatic rings. The minimum atomic E-state index is 0.530. The average Bonchev–Trinajstić information content (AvgIpc) is 2.22. The molecule has 1 rings (SSSR count). The lowest BCUT2D eigenvalue weighted by atomic mass is 9.95. The van der Waals surface area contributed by atoms with Crippen molar-refractivity contribution < 1.29 is 0 Å². The van der Waals surface area contributed by atoms with Gasteiger partial charge in [-0.3, -0.25) is 4.98 Å². The number of hydrogen-bond acceptors (Lipinski definition) is 2. The molecule has 0 aromatic carbocycles. The molecule has 0 N–H and O–H groups in total. The van der Waals surface area contributed by atoms with Crippen molar-refractivity contribution in [2.24, 2.45) is 0 Å². The van der Waals surface area contributed by atoms with E-state index in [1.807, 2.05) is 13.0 Å². The first kappa shape index (κ1) is 10.7. The van der Waals surface area contributed by atoms with Crippen LogP contribution >= 0.6 is 0 Å². The summed E-state index contributed by atoms with van der Waals surface area (Å²) in [6.45, 7) is 6.38. The molecule has 1 heterocycles. The van der Waals surface area contributed by atoms with Crippen LogP contribution in [-0.4, -0.2) is 4.98 Å². The van der Waals surface area contributed by atoms with Gasteiger partial charge in [0.15, 0.2) is 0 Å². The van der Waals surface area contributed by atoms with E-state index in [-0.39, 0.29) is 0 Å². The van der Waals surface area contributed by atoms with Crippen LogP contribution in [-0.2, 0) is 0 Å². The molecule has 0 spiro atoms. The maximum absolute atomic E-state index is 8.72. The zero-order valence-corrected chi connectivity index (χ0v) is 9.04. The predicted octanol–water partition coefficient (Wildman–Crippen LogP) is 3.17. The first-order valence-corrected chi connectivity index (χ1v) is 5.09. The van der Waals surface area contributed by atoms with Crippen molar-refractivity contribution in [2.75, 3.05) is 0 Å². The van der Waals surface area contributed by atoms with Crippen molar-refractivity contribution in [2.45, 2.75) is 39.5 Å². The number of aryl methyl sites for hydroxylation is 1. The van der Waals surface area contributed by atoms with Crippen molar-refractivity contribution >= 4 is 0 Å². The van der Waals surface area contributed by atoms with Gasteiger partial charge >= 0.3 is 0 Å². The quantitative estimate of drug-likeness (QED) is 0.730. The minimum Gasteiger partial charge on any atom is -0.259 e. The maximum atomic E-state index is 8.72. The molecular formula is C12H16N2. The SMILES string of the molecule is CCC(CC)c1ncc(C#N)cc1C. The lowest BCUT2D eigenvalue weighted by Gasteiger charge is -2.14. The fourth-order valence-corrected chi connectivity index (χ4v) is 1.75. The van der Waals surface area contributed by atoms with E-state index in [1.165, 1.54) is 0 Å². The van der Waals surface area contributed by atoms with E-state index in [9.17, 15) is 0 Å². The molecule has 0 radical (unpaired) electrons. The Balaban J connectivity index is 3.05. The number of rotatable bonds is 3. The summed E-state index contributed by atoms with van der Waals surface area (Å²) in [5, 5.41) is 8.72. The standard InChI is InChI=1S/C12H16N2/c1-4-11(5-2)12-9(3)6-10(7-13)8-14-12/h6,8,11H,4-5H2,1-3H3. The third kappa shape index (κ3) is 2.11. The molecule has 0 unspecified atom stereocenters. The molecule has 0 saturated heterocycles. The van der Waals surface area contributed by atoms with Gasteiger partial charge in [-0.25, -0.2) is 0 Å². The Morgan fingerprint density at radius 3 is 2.50 bits per heavy atom. The summed E-state index contributed by atoms with van der Waals surface area (Å²) >= 11 is 0. The molecular weight excluding hydrogens is 172 g/mol. The molecule has 0 saturated carbocycles. The number of nitriles is 1. The van der Waals surface area contributed by atoms with Gasteiger partial charge in [0.1, 0.15) is 6.07 Å². The van der Waals surface area contributed by atoms with Crippen LogP contribution in [0.4, 0.5) is 0 Å². The molecule has 0 atom stereocenters. The Hall–Kier alpha value is -1.36. The van der Waals surface area contributed by atoms with E-state index in [0.717, 1.165) is 24.1 Å². The first-order valence-electron chi connectivity index (χ1n) is 5.09. The van der Waals surface area contributed by atoms with Gasteiger partial charge in [0, 0.05) is 17.8 Å². The smallest absolute Gasteiger partial charge is 0.101 e. The monoisotopic (exact) mass is 188 g/mol. The minimum absolute atomic E-state index is 0.530. The van der Waals surface area contributed by atoms with Gasteiger partial charge in [0.2, 0.25) is 0 Å². The van der Waals surface area contributed by atoms with Gasteiger partial charge in [-0.2, -0.15) is 5.26 Å². The largest absolute Gasteiger partial charge is 0.259 e. The Morgan fingerprint density at radius 2 is 2.07 bits per heavy atom. The fraction of sp³-hybridized carbons (Fsp3) is 0.500. The third-order valence-electron chi connectivity index (χ3n) is 2.62. The second-order valence-electron chi connectivity index (χ2n) is 3.55. The van der Waals surface area contributed by atoms with Gasteiger partial charge < -0.3 is 0 Å². The van der Waals surface area contributed by atoms with Crippen LogP contribution in [0.3, 0.4) is 0 Å². The summed E-state index contributed by atoms with van der Waals surface area (Å²) in [6, 6.07) is 4.02. The highest BCUT2D eigenvalue weighted by atomic mass is 14.7. The summed E-state index contributed by atoms with van der Waals surface area (Å²) < 4.78 is 0. The van der Waals surface area contributed by atoms with Crippen LogP contribution in [0, 0.1) is 18.3 Å². The Morgan fingerprint density at radius 1 is 1.43 bits per heavy atom. The van der Waals surface area contributed by atoms with Crippen molar-refractivity contribution in [1.29, 1.82) is 5.26 Å². The molecule has 0 aliphatic heterocycles. The van der Waals surface area contributed by atoms with Gasteiger partial charge in [-0.15, -0.1) is 0 Å². The summed E-state index contributed by atoms with van der Waals surface area (Å²) in [6.07, 6.45) is 3.88. The highest BCUT2D eigenvalue weighted by Crippen LogP contribution is 2.24. The number of hydrogen-bond donors (Lipinski definition) is 0. The number of pyridine rings is 1. The van der Waals surface area contributed by atoms with Crippen molar-refractivity contribution in [3.05, 3.63) is 29.1 Å². The normalized spacial score (nSPS) is 10.2. The van der Waals surface area contributed by atoms with Crippen molar-refractivity contribution in [3.63, 3.8) is 0 Å². The second-order valence-corrected chi connectivity index (χ2v) is 3.55. The molecule has 0 aliphatic carbocycles. The summed E-state index contributed by atoms with van der Waals surface area (Å²) in [4.78, 5) is 4.37. The molecule has 2 heteroatoms. The second kappa shape index (κ2) is 4.76.